The molecule has 462 valence electrons. The van der Waals surface area contributed by atoms with E-state index in [0.29, 0.717) is 25.9 Å². The van der Waals surface area contributed by atoms with Crippen molar-refractivity contribution < 1.29 is 24.5 Å². The van der Waals surface area contributed by atoms with Crippen molar-refractivity contribution in [2.24, 2.45) is 0 Å². The average molecular weight is 1100 g/mol. The summed E-state index contributed by atoms with van der Waals surface area (Å²) in [5, 5.41) is 23.4. The third-order valence-corrected chi connectivity index (χ3v) is 16.8. The lowest BCUT2D eigenvalue weighted by Gasteiger charge is -2.22. The van der Waals surface area contributed by atoms with Crippen molar-refractivity contribution in [2.75, 3.05) is 13.2 Å². The largest absolute Gasteiger partial charge is 0.466 e. The molecule has 0 aromatic carbocycles. The van der Waals surface area contributed by atoms with Crippen molar-refractivity contribution in [1.29, 1.82) is 0 Å². The third-order valence-electron chi connectivity index (χ3n) is 16.8. The number of hydrogen-bond donors (Lipinski definition) is 3. The van der Waals surface area contributed by atoms with Gasteiger partial charge in [-0.25, -0.2) is 0 Å². The van der Waals surface area contributed by atoms with Crippen LogP contribution in [0.3, 0.4) is 0 Å². The molecule has 0 saturated carbocycles. The number of hydrogen-bond acceptors (Lipinski definition) is 5. The topological polar surface area (TPSA) is 95.9 Å². The molecule has 0 radical (unpaired) electrons. The maximum Gasteiger partial charge on any atom is 0.305 e. The van der Waals surface area contributed by atoms with Gasteiger partial charge >= 0.3 is 5.97 Å². The van der Waals surface area contributed by atoms with Crippen LogP contribution in [-0.2, 0) is 14.3 Å². The van der Waals surface area contributed by atoms with E-state index in [1.807, 2.05) is 0 Å². The van der Waals surface area contributed by atoms with Crippen LogP contribution in [0.2, 0.25) is 0 Å². The van der Waals surface area contributed by atoms with Gasteiger partial charge in [-0.15, -0.1) is 0 Å². The number of carbonyl (C=O) groups excluding carboxylic acids is 2. The van der Waals surface area contributed by atoms with E-state index in [2.05, 4.69) is 43.5 Å². The third kappa shape index (κ3) is 63.5. The Balaban J connectivity index is 3.41. The van der Waals surface area contributed by atoms with Crippen LogP contribution in [0.25, 0.3) is 0 Å². The molecule has 6 nitrogen and oxygen atoms in total. The zero-order chi connectivity index (χ0) is 56.4. The Morgan fingerprint density at radius 1 is 0.359 bits per heavy atom. The van der Waals surface area contributed by atoms with E-state index in [9.17, 15) is 19.8 Å². The molecule has 0 aromatic heterocycles. The first-order chi connectivity index (χ1) is 38.5. The molecule has 2 unspecified atom stereocenters. The van der Waals surface area contributed by atoms with Crippen molar-refractivity contribution in [3.63, 3.8) is 0 Å². The Morgan fingerprint density at radius 3 is 0.974 bits per heavy atom. The van der Waals surface area contributed by atoms with Gasteiger partial charge in [0.05, 0.1) is 25.4 Å². The van der Waals surface area contributed by atoms with E-state index >= 15 is 0 Å². The van der Waals surface area contributed by atoms with Gasteiger partial charge in [0, 0.05) is 12.8 Å². The number of unbranched alkanes of at least 4 members (excludes halogenated alkanes) is 52. The molecular weight excluding hydrogens is 959 g/mol. The van der Waals surface area contributed by atoms with Crippen molar-refractivity contribution in [1.82, 2.24) is 5.32 Å². The molecule has 2 atom stereocenters. The summed E-state index contributed by atoms with van der Waals surface area (Å²) in [7, 11) is 0. The lowest BCUT2D eigenvalue weighted by molar-refractivity contribution is -0.143. The number of aliphatic hydroxyl groups excluding tert-OH is 2. The Hall–Kier alpha value is -1.66. The molecule has 0 spiro atoms. The predicted octanol–water partition coefficient (Wildman–Crippen LogP) is 22.9. The van der Waals surface area contributed by atoms with Gasteiger partial charge < -0.3 is 20.3 Å². The fraction of sp³-hybridized carbons (Fsp3) is 0.917. The second-order valence-corrected chi connectivity index (χ2v) is 24.6. The van der Waals surface area contributed by atoms with Crippen LogP contribution >= 0.6 is 0 Å². The van der Waals surface area contributed by atoms with Crippen molar-refractivity contribution in [2.45, 2.75) is 411 Å². The molecule has 0 heterocycles. The molecule has 0 aliphatic rings. The molecule has 0 aliphatic carbocycles. The average Bonchev–Trinajstić information content (AvgIpc) is 3.44. The summed E-state index contributed by atoms with van der Waals surface area (Å²) in [5.74, 6) is -0.0208. The quantitative estimate of drug-likeness (QED) is 0.0320. The first-order valence-electron chi connectivity index (χ1n) is 35.6. The number of esters is 1. The first-order valence-corrected chi connectivity index (χ1v) is 35.6. The first kappa shape index (κ1) is 76.3. The predicted molar refractivity (Wildman–Crippen MR) is 343 cm³/mol. The summed E-state index contributed by atoms with van der Waals surface area (Å²) in [6.07, 6.45) is 85.1. The number of allylic oxidation sites excluding steroid dienone is 4. The Morgan fingerprint density at radius 2 is 0.641 bits per heavy atom. The fourth-order valence-corrected chi connectivity index (χ4v) is 11.3. The smallest absolute Gasteiger partial charge is 0.305 e. The molecule has 0 rings (SSSR count). The maximum atomic E-state index is 12.5. The number of aliphatic hydroxyl groups is 2. The van der Waals surface area contributed by atoms with Gasteiger partial charge in [0.25, 0.3) is 0 Å². The van der Waals surface area contributed by atoms with E-state index in [-0.39, 0.29) is 18.5 Å². The summed E-state index contributed by atoms with van der Waals surface area (Å²) >= 11 is 0. The van der Waals surface area contributed by atoms with Gasteiger partial charge in [0.2, 0.25) is 5.91 Å². The fourth-order valence-electron chi connectivity index (χ4n) is 11.3. The molecule has 0 bridgehead atoms. The number of rotatable bonds is 67. The van der Waals surface area contributed by atoms with Gasteiger partial charge in [-0.05, 0) is 57.8 Å². The number of amides is 1. The molecule has 0 fully saturated rings. The zero-order valence-electron chi connectivity index (χ0n) is 52.9. The summed E-state index contributed by atoms with van der Waals surface area (Å²) in [4.78, 5) is 24.6. The monoisotopic (exact) mass is 1100 g/mol. The molecular formula is C72H139NO5. The van der Waals surface area contributed by atoms with Crippen LogP contribution < -0.4 is 5.32 Å². The number of ether oxygens (including phenoxy) is 1. The van der Waals surface area contributed by atoms with E-state index in [0.717, 1.165) is 44.9 Å². The van der Waals surface area contributed by atoms with Crippen LogP contribution in [0.4, 0.5) is 0 Å². The number of nitrogens with one attached hydrogen (secondary N) is 1. The van der Waals surface area contributed by atoms with Gasteiger partial charge in [0.15, 0.2) is 0 Å². The highest BCUT2D eigenvalue weighted by atomic mass is 16.5. The van der Waals surface area contributed by atoms with E-state index < -0.39 is 12.1 Å². The highest BCUT2D eigenvalue weighted by molar-refractivity contribution is 5.76. The molecule has 78 heavy (non-hydrogen) atoms. The SMILES string of the molecule is CCCCCCCCCCCCCCCCCCCCCCCC(O)C(CO)NC(=O)CCCCCCCCCCCCC/C=C\C/C=C\CCCCCCCCCCCOC(=O)CCCCCCCCCCCCCCC. The minimum atomic E-state index is -0.667. The molecule has 0 aliphatic heterocycles. The van der Waals surface area contributed by atoms with Gasteiger partial charge in [0.1, 0.15) is 0 Å². The lowest BCUT2D eigenvalue weighted by atomic mass is 10.0. The maximum absolute atomic E-state index is 12.5. The second-order valence-electron chi connectivity index (χ2n) is 24.6. The molecule has 0 saturated heterocycles. The summed E-state index contributed by atoms with van der Waals surface area (Å²) < 4.78 is 5.48. The van der Waals surface area contributed by atoms with Crippen molar-refractivity contribution >= 4 is 11.9 Å². The standard InChI is InChI=1S/C72H139NO5/c1-3-5-7-9-11-13-15-17-18-19-20-28-31-34-37-41-44-48-52-56-60-64-70(75)69(68-74)73-71(76)65-61-57-53-49-45-42-38-35-32-29-26-24-22-21-23-25-27-30-33-36-39-43-47-51-55-59-63-67-78-72(77)66-62-58-54-50-46-40-16-14-12-10-8-6-4-2/h21-22,25,27,69-70,74-75H,3-20,23-24,26,28-68H2,1-2H3,(H,73,76)/b22-21-,27-25-. The van der Waals surface area contributed by atoms with Crippen LogP contribution in [0.1, 0.15) is 399 Å². The van der Waals surface area contributed by atoms with Crippen molar-refractivity contribution in [3.05, 3.63) is 24.3 Å². The van der Waals surface area contributed by atoms with Crippen molar-refractivity contribution in [3.8, 4) is 0 Å². The van der Waals surface area contributed by atoms with E-state index in [1.54, 1.807) is 0 Å². The molecule has 1 amide bonds. The number of carbonyl (C=O) groups is 2. The van der Waals surface area contributed by atoms with Crippen LogP contribution in [0, 0.1) is 0 Å². The van der Waals surface area contributed by atoms with Crippen LogP contribution in [0.15, 0.2) is 24.3 Å². The normalized spacial score (nSPS) is 12.6. The van der Waals surface area contributed by atoms with Crippen LogP contribution in [-0.4, -0.2) is 47.4 Å². The Kier molecular flexibility index (Phi) is 66.4. The van der Waals surface area contributed by atoms with E-state index in [4.69, 9.17) is 4.74 Å². The lowest BCUT2D eigenvalue weighted by Crippen LogP contribution is -2.45. The highest BCUT2D eigenvalue weighted by Gasteiger charge is 2.20. The second kappa shape index (κ2) is 67.8. The highest BCUT2D eigenvalue weighted by Crippen LogP contribution is 2.19. The molecule has 0 aromatic rings. The summed E-state index contributed by atoms with van der Waals surface area (Å²) in [6.45, 7) is 4.99. The minimum Gasteiger partial charge on any atom is -0.466 e. The molecule has 6 heteroatoms. The molecule has 3 N–H and O–H groups in total. The van der Waals surface area contributed by atoms with Gasteiger partial charge in [-0.1, -0.05) is 353 Å². The van der Waals surface area contributed by atoms with E-state index in [1.165, 1.54) is 321 Å². The van der Waals surface area contributed by atoms with Gasteiger partial charge in [-0.3, -0.25) is 9.59 Å². The minimum absolute atomic E-state index is 0.0130. The Bertz CT molecular complexity index is 1220. The van der Waals surface area contributed by atoms with Crippen LogP contribution in [0.5, 0.6) is 0 Å². The summed E-state index contributed by atoms with van der Waals surface area (Å²) in [6, 6.07) is -0.545. The summed E-state index contributed by atoms with van der Waals surface area (Å²) in [5.41, 5.74) is 0. The Labute approximate surface area is 488 Å². The van der Waals surface area contributed by atoms with Gasteiger partial charge in [-0.2, -0.15) is 0 Å². The zero-order valence-corrected chi connectivity index (χ0v) is 52.9.